The van der Waals surface area contributed by atoms with Crippen LogP contribution in [0.4, 0.5) is 21.5 Å². The van der Waals surface area contributed by atoms with Crippen molar-refractivity contribution in [2.24, 2.45) is 0 Å². The Morgan fingerprint density at radius 3 is 2.50 bits per heavy atom. The number of carbonyl (C=O) groups excluding carboxylic acids is 1. The third kappa shape index (κ3) is 3.83. The second kappa shape index (κ2) is 8.49. The molecule has 32 heavy (non-hydrogen) atoms. The molecule has 2 aromatic rings. The van der Waals surface area contributed by atoms with E-state index in [1.54, 1.807) is 49.1 Å². The molecule has 4 rings (SSSR count). The number of halogens is 1. The Labute approximate surface area is 192 Å². The molecule has 0 saturated carbocycles. The zero-order chi connectivity index (χ0) is 23.0. The SMILES string of the molecule is [C-]#[N+]c1ccc(N2C(=O)C(C)(C)N(c3ccc(OC4CCOCC4)c(F)c3)C2=S)cc1C. The number of nitrogens with zero attached hydrogens (tertiary/aromatic N) is 3. The minimum Gasteiger partial charge on any atom is -0.487 e. The summed E-state index contributed by atoms with van der Waals surface area (Å²) in [6.07, 6.45) is 1.37. The first-order valence-electron chi connectivity index (χ1n) is 10.4. The predicted octanol–water partition coefficient (Wildman–Crippen LogP) is 5.16. The lowest BCUT2D eigenvalue weighted by Crippen LogP contribution is -2.44. The van der Waals surface area contributed by atoms with E-state index in [1.165, 1.54) is 11.0 Å². The van der Waals surface area contributed by atoms with Crippen LogP contribution >= 0.6 is 12.2 Å². The first-order chi connectivity index (χ1) is 15.2. The Hall–Kier alpha value is -3.02. The molecule has 0 unspecified atom stereocenters. The van der Waals surface area contributed by atoms with E-state index in [0.29, 0.717) is 30.3 Å². The molecule has 0 N–H and O–H groups in total. The highest BCUT2D eigenvalue weighted by Crippen LogP contribution is 2.38. The second-order valence-electron chi connectivity index (χ2n) is 8.44. The summed E-state index contributed by atoms with van der Waals surface area (Å²) in [5.74, 6) is -0.548. The fourth-order valence-electron chi connectivity index (χ4n) is 4.06. The quantitative estimate of drug-likeness (QED) is 0.473. The summed E-state index contributed by atoms with van der Waals surface area (Å²) in [6, 6.07) is 9.80. The molecule has 2 aromatic carbocycles. The van der Waals surface area contributed by atoms with E-state index >= 15 is 0 Å². The number of carbonyl (C=O) groups is 1. The van der Waals surface area contributed by atoms with E-state index in [-0.39, 0.29) is 22.9 Å². The van der Waals surface area contributed by atoms with Crippen LogP contribution in [0, 0.1) is 19.3 Å². The van der Waals surface area contributed by atoms with Crippen LogP contribution in [0.2, 0.25) is 0 Å². The average Bonchev–Trinajstić information content (AvgIpc) is 2.94. The fraction of sp³-hybridized carbons (Fsp3) is 0.375. The van der Waals surface area contributed by atoms with Crippen LogP contribution in [0.5, 0.6) is 5.75 Å². The molecule has 8 heteroatoms. The van der Waals surface area contributed by atoms with Crippen LogP contribution in [-0.4, -0.2) is 35.9 Å². The molecule has 2 aliphatic rings. The number of anilines is 2. The molecule has 2 heterocycles. The molecule has 2 saturated heterocycles. The lowest BCUT2D eigenvalue weighted by Gasteiger charge is -2.30. The van der Waals surface area contributed by atoms with Gasteiger partial charge < -0.3 is 14.4 Å². The summed E-state index contributed by atoms with van der Waals surface area (Å²) < 4.78 is 26.1. The molecule has 0 aromatic heterocycles. The molecule has 0 spiro atoms. The second-order valence-corrected chi connectivity index (χ2v) is 8.81. The molecule has 1 amide bonds. The van der Waals surface area contributed by atoms with Crippen molar-refractivity contribution in [3.63, 3.8) is 0 Å². The Morgan fingerprint density at radius 2 is 1.88 bits per heavy atom. The maximum atomic E-state index is 14.9. The van der Waals surface area contributed by atoms with Crippen LogP contribution in [0.25, 0.3) is 4.85 Å². The van der Waals surface area contributed by atoms with Crippen molar-refractivity contribution >= 4 is 40.3 Å². The minimum absolute atomic E-state index is 0.0767. The van der Waals surface area contributed by atoms with Gasteiger partial charge in [-0.25, -0.2) is 9.24 Å². The van der Waals surface area contributed by atoms with Gasteiger partial charge in [-0.05, 0) is 62.8 Å². The maximum absolute atomic E-state index is 14.9. The van der Waals surface area contributed by atoms with Gasteiger partial charge >= 0.3 is 0 Å². The van der Waals surface area contributed by atoms with Crippen LogP contribution < -0.4 is 14.5 Å². The third-order valence-corrected chi connectivity index (χ3v) is 6.23. The van der Waals surface area contributed by atoms with Gasteiger partial charge in [-0.15, -0.1) is 0 Å². The van der Waals surface area contributed by atoms with Gasteiger partial charge in [-0.1, -0.05) is 6.07 Å². The van der Waals surface area contributed by atoms with Gasteiger partial charge in [-0.2, -0.15) is 0 Å². The van der Waals surface area contributed by atoms with Gasteiger partial charge in [0.2, 0.25) is 0 Å². The van der Waals surface area contributed by atoms with Crippen LogP contribution in [0.1, 0.15) is 32.3 Å². The van der Waals surface area contributed by atoms with Crippen LogP contribution in [0.3, 0.4) is 0 Å². The summed E-state index contributed by atoms with van der Waals surface area (Å²) in [5, 5.41) is 0.257. The van der Waals surface area contributed by atoms with Gasteiger partial charge in [0.25, 0.3) is 5.91 Å². The number of benzene rings is 2. The number of thiocarbonyl (C=S) groups is 1. The lowest BCUT2D eigenvalue weighted by molar-refractivity contribution is -0.120. The molecule has 166 valence electrons. The summed E-state index contributed by atoms with van der Waals surface area (Å²) in [7, 11) is 0. The standard InChI is InChI=1S/C24H24FN3O3S/c1-15-13-16(5-7-20(15)26-4)27-22(29)24(2,3)28(23(27)32)17-6-8-21(19(25)14-17)31-18-9-11-30-12-10-18/h5-8,13-14,18H,9-12H2,1-3H3. The number of aryl methyl sites for hydroxylation is 1. The van der Waals surface area contributed by atoms with Crippen molar-refractivity contribution < 1.29 is 18.7 Å². The van der Waals surface area contributed by atoms with Crippen molar-refractivity contribution in [3.8, 4) is 5.75 Å². The first kappa shape index (κ1) is 22.2. The summed E-state index contributed by atoms with van der Waals surface area (Å²) in [6.45, 7) is 13.8. The zero-order valence-electron chi connectivity index (χ0n) is 18.2. The monoisotopic (exact) mass is 453 g/mol. The van der Waals surface area contributed by atoms with Crippen LogP contribution in [-0.2, 0) is 9.53 Å². The van der Waals surface area contributed by atoms with Gasteiger partial charge in [0.15, 0.2) is 22.4 Å². The minimum atomic E-state index is -1.01. The van der Waals surface area contributed by atoms with Crippen molar-refractivity contribution in [3.05, 3.63) is 59.2 Å². The molecular formula is C24H24FN3O3S. The molecule has 0 radical (unpaired) electrons. The summed E-state index contributed by atoms with van der Waals surface area (Å²) >= 11 is 5.67. The zero-order valence-corrected chi connectivity index (χ0v) is 19.0. The summed E-state index contributed by atoms with van der Waals surface area (Å²) in [5.41, 5.74) is 1.32. The Kier molecular flexibility index (Phi) is 5.89. The average molecular weight is 454 g/mol. The molecule has 2 fully saturated rings. The van der Waals surface area contributed by atoms with Crippen molar-refractivity contribution in [1.29, 1.82) is 0 Å². The van der Waals surface area contributed by atoms with Crippen LogP contribution in [0.15, 0.2) is 36.4 Å². The Morgan fingerprint density at radius 1 is 1.19 bits per heavy atom. The van der Waals surface area contributed by atoms with Gasteiger partial charge in [-0.3, -0.25) is 9.69 Å². The smallest absolute Gasteiger partial charge is 0.259 e. The number of rotatable bonds is 4. The van der Waals surface area contributed by atoms with E-state index in [9.17, 15) is 9.18 Å². The van der Waals surface area contributed by atoms with E-state index in [2.05, 4.69) is 4.85 Å². The lowest BCUT2D eigenvalue weighted by atomic mass is 10.0. The van der Waals surface area contributed by atoms with Crippen molar-refractivity contribution in [2.75, 3.05) is 23.0 Å². The number of hydrogen-bond acceptors (Lipinski definition) is 4. The highest BCUT2D eigenvalue weighted by atomic mass is 32.1. The maximum Gasteiger partial charge on any atom is 0.259 e. The largest absolute Gasteiger partial charge is 0.487 e. The highest BCUT2D eigenvalue weighted by Gasteiger charge is 2.50. The number of hydrogen-bond donors (Lipinski definition) is 0. The number of amides is 1. The van der Waals surface area contributed by atoms with Gasteiger partial charge in [0.05, 0.1) is 19.8 Å². The Balaban J connectivity index is 1.64. The van der Waals surface area contributed by atoms with Crippen molar-refractivity contribution in [1.82, 2.24) is 0 Å². The molecule has 0 atom stereocenters. The first-order valence-corrected chi connectivity index (χ1v) is 10.9. The fourth-order valence-corrected chi connectivity index (χ4v) is 4.58. The predicted molar refractivity (Wildman–Crippen MR) is 125 cm³/mol. The van der Waals surface area contributed by atoms with E-state index in [4.69, 9.17) is 28.3 Å². The molecule has 6 nitrogen and oxygen atoms in total. The van der Waals surface area contributed by atoms with E-state index in [1.807, 2.05) is 6.92 Å². The molecule has 2 aliphatic heterocycles. The normalized spacial score (nSPS) is 18.7. The van der Waals surface area contributed by atoms with Gasteiger partial charge in [0.1, 0.15) is 11.6 Å². The third-order valence-electron chi connectivity index (χ3n) is 5.86. The Bertz CT molecular complexity index is 1120. The molecule has 0 bridgehead atoms. The van der Waals surface area contributed by atoms with Gasteiger partial charge in [0, 0.05) is 30.3 Å². The number of ether oxygens (including phenoxy) is 2. The van der Waals surface area contributed by atoms with E-state index < -0.39 is 11.4 Å². The summed E-state index contributed by atoms with van der Waals surface area (Å²) in [4.78, 5) is 19.9. The van der Waals surface area contributed by atoms with E-state index in [0.717, 1.165) is 18.4 Å². The molecular weight excluding hydrogens is 429 g/mol. The highest BCUT2D eigenvalue weighted by molar-refractivity contribution is 7.81. The molecule has 0 aliphatic carbocycles. The van der Waals surface area contributed by atoms with Crippen molar-refractivity contribution in [2.45, 2.75) is 45.3 Å². The topological polar surface area (TPSA) is 46.4 Å².